The standard InChI is InChI=1S/C27H28N4O3/c1-4-18-8-11-21(22-16-29-31(25(22)14-18)20-9-6-17(3)7-10-20)26(32)30-23(5-2)19-12-13-28-24(15-19)27(33)34/h6-7,9-16,23H,4-5,8H2,1-3H3,(H,30,32)(H,33,34). The van der Waals surface area contributed by atoms with Crippen molar-refractivity contribution in [3.8, 4) is 5.69 Å². The molecule has 1 amide bonds. The Bertz CT molecular complexity index is 1290. The second kappa shape index (κ2) is 9.87. The van der Waals surface area contributed by atoms with Crippen LogP contribution in [0.2, 0.25) is 0 Å². The van der Waals surface area contributed by atoms with Gasteiger partial charge >= 0.3 is 5.97 Å². The summed E-state index contributed by atoms with van der Waals surface area (Å²) in [6.07, 6.45) is 9.44. The average Bonchev–Trinajstić information content (AvgIpc) is 3.15. The highest BCUT2D eigenvalue weighted by Crippen LogP contribution is 2.31. The lowest BCUT2D eigenvalue weighted by atomic mass is 10.0. The van der Waals surface area contributed by atoms with Crippen molar-refractivity contribution in [3.63, 3.8) is 0 Å². The first-order chi connectivity index (χ1) is 16.4. The van der Waals surface area contributed by atoms with Crippen molar-refractivity contribution in [1.82, 2.24) is 20.1 Å². The first-order valence-electron chi connectivity index (χ1n) is 11.5. The summed E-state index contributed by atoms with van der Waals surface area (Å²) in [6.45, 7) is 6.10. The summed E-state index contributed by atoms with van der Waals surface area (Å²) in [5.41, 5.74) is 6.20. The van der Waals surface area contributed by atoms with Crippen molar-refractivity contribution in [1.29, 1.82) is 0 Å². The largest absolute Gasteiger partial charge is 0.477 e. The number of nitrogens with zero attached hydrogens (tertiary/aromatic N) is 3. The van der Waals surface area contributed by atoms with Gasteiger partial charge in [-0.3, -0.25) is 4.79 Å². The minimum atomic E-state index is -1.10. The molecule has 1 atom stereocenters. The Morgan fingerprint density at radius 3 is 2.62 bits per heavy atom. The van der Waals surface area contributed by atoms with Gasteiger partial charge in [-0.2, -0.15) is 5.10 Å². The van der Waals surface area contributed by atoms with Crippen molar-refractivity contribution >= 4 is 23.5 Å². The molecule has 2 N–H and O–H groups in total. The fourth-order valence-corrected chi connectivity index (χ4v) is 4.09. The second-order valence-electron chi connectivity index (χ2n) is 8.38. The number of allylic oxidation sites excluding steroid dienone is 2. The maximum absolute atomic E-state index is 13.5. The highest BCUT2D eigenvalue weighted by Gasteiger charge is 2.24. The van der Waals surface area contributed by atoms with Crippen LogP contribution < -0.4 is 5.32 Å². The monoisotopic (exact) mass is 456 g/mol. The summed E-state index contributed by atoms with van der Waals surface area (Å²) in [6, 6.07) is 11.0. The van der Waals surface area contributed by atoms with E-state index >= 15 is 0 Å². The van der Waals surface area contributed by atoms with Gasteiger partial charge in [0.25, 0.3) is 5.91 Å². The van der Waals surface area contributed by atoms with E-state index in [4.69, 9.17) is 0 Å². The van der Waals surface area contributed by atoms with Crippen LogP contribution in [0.15, 0.2) is 60.4 Å². The summed E-state index contributed by atoms with van der Waals surface area (Å²) in [4.78, 5) is 28.7. The smallest absolute Gasteiger partial charge is 0.354 e. The Labute approximate surface area is 198 Å². The van der Waals surface area contributed by atoms with Crippen LogP contribution in [0.5, 0.6) is 0 Å². The SMILES string of the molecule is CCC1=Cc2c(cnn2-c2ccc(C)cc2)C(C(=O)NC(CC)c2ccnc(C(=O)O)c2)=CC1. The summed E-state index contributed by atoms with van der Waals surface area (Å²) in [7, 11) is 0. The minimum Gasteiger partial charge on any atom is -0.477 e. The number of amides is 1. The molecule has 4 rings (SSSR count). The molecule has 2 aromatic heterocycles. The van der Waals surface area contributed by atoms with Gasteiger partial charge in [-0.1, -0.05) is 43.2 Å². The molecular formula is C27H28N4O3. The molecule has 174 valence electrons. The molecule has 0 aliphatic heterocycles. The maximum Gasteiger partial charge on any atom is 0.354 e. The van der Waals surface area contributed by atoms with Crippen LogP contribution in [-0.4, -0.2) is 31.7 Å². The number of pyridine rings is 1. The van der Waals surface area contributed by atoms with Crippen molar-refractivity contribution in [2.45, 2.75) is 46.1 Å². The van der Waals surface area contributed by atoms with Crippen LogP contribution in [0.1, 0.15) is 72.0 Å². The van der Waals surface area contributed by atoms with E-state index < -0.39 is 5.97 Å². The Morgan fingerprint density at radius 2 is 1.94 bits per heavy atom. The highest BCUT2D eigenvalue weighted by molar-refractivity contribution is 6.20. The van der Waals surface area contributed by atoms with Gasteiger partial charge in [-0.25, -0.2) is 14.5 Å². The number of carbonyl (C=O) groups is 2. The zero-order chi connectivity index (χ0) is 24.2. The van der Waals surface area contributed by atoms with E-state index in [1.807, 2.05) is 48.9 Å². The third kappa shape index (κ3) is 4.69. The predicted octanol–water partition coefficient (Wildman–Crippen LogP) is 5.12. The molecule has 7 heteroatoms. The Hall–Kier alpha value is -4.00. The van der Waals surface area contributed by atoms with E-state index in [-0.39, 0.29) is 17.6 Å². The number of aromatic nitrogens is 3. The van der Waals surface area contributed by atoms with Crippen LogP contribution in [0.25, 0.3) is 17.3 Å². The fourth-order valence-electron chi connectivity index (χ4n) is 4.09. The quantitative estimate of drug-likeness (QED) is 0.514. The molecule has 0 spiro atoms. The van der Waals surface area contributed by atoms with Crippen LogP contribution in [0.3, 0.4) is 0 Å². The number of aromatic carboxylic acids is 1. The Morgan fingerprint density at radius 1 is 1.18 bits per heavy atom. The second-order valence-corrected chi connectivity index (χ2v) is 8.38. The lowest BCUT2D eigenvalue weighted by Gasteiger charge is -2.19. The van der Waals surface area contributed by atoms with E-state index in [1.165, 1.54) is 23.4 Å². The number of benzene rings is 1. The normalized spacial score (nSPS) is 13.9. The Balaban J connectivity index is 1.68. The number of fused-ring (bicyclic) bond motifs is 1. The number of aryl methyl sites for hydroxylation is 1. The Kier molecular flexibility index (Phi) is 6.72. The number of hydrogen-bond donors (Lipinski definition) is 2. The van der Waals surface area contributed by atoms with Crippen LogP contribution in [0.4, 0.5) is 0 Å². The van der Waals surface area contributed by atoms with Gasteiger partial charge in [0, 0.05) is 17.3 Å². The molecule has 2 heterocycles. The van der Waals surface area contributed by atoms with Gasteiger partial charge in [0.05, 0.1) is 23.6 Å². The van der Waals surface area contributed by atoms with E-state index in [9.17, 15) is 14.7 Å². The predicted molar refractivity (Wildman–Crippen MR) is 132 cm³/mol. The highest BCUT2D eigenvalue weighted by atomic mass is 16.4. The molecule has 0 saturated carbocycles. The third-order valence-corrected chi connectivity index (χ3v) is 6.10. The number of rotatable bonds is 7. The lowest BCUT2D eigenvalue weighted by molar-refractivity contribution is -0.116. The molecule has 0 bridgehead atoms. The molecule has 3 aromatic rings. The van der Waals surface area contributed by atoms with Crippen molar-refractivity contribution < 1.29 is 14.7 Å². The van der Waals surface area contributed by atoms with Crippen molar-refractivity contribution in [2.75, 3.05) is 0 Å². The third-order valence-electron chi connectivity index (χ3n) is 6.10. The van der Waals surface area contributed by atoms with Crippen LogP contribution >= 0.6 is 0 Å². The number of carboxylic acid groups (broad SMARTS) is 1. The molecule has 0 fully saturated rings. The topological polar surface area (TPSA) is 97.1 Å². The van der Waals surface area contributed by atoms with Crippen molar-refractivity contribution in [2.24, 2.45) is 0 Å². The molecular weight excluding hydrogens is 428 g/mol. The molecule has 1 unspecified atom stereocenters. The fraction of sp³-hybridized carbons (Fsp3) is 0.259. The molecule has 1 aliphatic carbocycles. The summed E-state index contributed by atoms with van der Waals surface area (Å²) >= 11 is 0. The van der Waals surface area contributed by atoms with Gasteiger partial charge in [0.15, 0.2) is 0 Å². The van der Waals surface area contributed by atoms with Gasteiger partial charge < -0.3 is 10.4 Å². The van der Waals surface area contributed by atoms with Gasteiger partial charge in [0.1, 0.15) is 5.69 Å². The molecule has 0 radical (unpaired) electrons. The summed E-state index contributed by atoms with van der Waals surface area (Å²) in [5.74, 6) is -1.31. The van der Waals surface area contributed by atoms with Gasteiger partial charge in [-0.15, -0.1) is 0 Å². The van der Waals surface area contributed by atoms with Gasteiger partial charge in [-0.05, 0) is 62.1 Å². The molecule has 7 nitrogen and oxygen atoms in total. The molecule has 1 aromatic carbocycles. The van der Waals surface area contributed by atoms with E-state index in [2.05, 4.69) is 28.4 Å². The summed E-state index contributed by atoms with van der Waals surface area (Å²) < 4.78 is 1.87. The molecule has 34 heavy (non-hydrogen) atoms. The van der Waals surface area contributed by atoms with Crippen LogP contribution in [-0.2, 0) is 4.79 Å². The zero-order valence-corrected chi connectivity index (χ0v) is 19.6. The lowest BCUT2D eigenvalue weighted by Crippen LogP contribution is -2.29. The minimum absolute atomic E-state index is 0.0441. The van der Waals surface area contributed by atoms with Crippen molar-refractivity contribution in [3.05, 3.63) is 88.5 Å². The van der Waals surface area contributed by atoms with Crippen LogP contribution in [0, 0.1) is 6.92 Å². The number of carbonyl (C=O) groups excluding carboxylic acids is 1. The first kappa shape index (κ1) is 23.2. The van der Waals surface area contributed by atoms with E-state index in [0.29, 0.717) is 24.0 Å². The average molecular weight is 457 g/mol. The molecule has 1 aliphatic rings. The number of carboxylic acids is 1. The number of nitrogens with one attached hydrogen (secondary N) is 1. The number of hydrogen-bond acceptors (Lipinski definition) is 4. The maximum atomic E-state index is 13.5. The first-order valence-corrected chi connectivity index (χ1v) is 11.5. The van der Waals surface area contributed by atoms with E-state index in [0.717, 1.165) is 23.4 Å². The molecule has 0 saturated heterocycles. The zero-order valence-electron chi connectivity index (χ0n) is 19.6. The van der Waals surface area contributed by atoms with Gasteiger partial charge in [0.2, 0.25) is 0 Å². The summed E-state index contributed by atoms with van der Waals surface area (Å²) in [5, 5.41) is 17.0. The van der Waals surface area contributed by atoms with E-state index in [1.54, 1.807) is 12.3 Å².